The summed E-state index contributed by atoms with van der Waals surface area (Å²) < 4.78 is 5.25. The minimum atomic E-state index is -0.745. The van der Waals surface area contributed by atoms with E-state index < -0.39 is 12.2 Å². The fourth-order valence-electron chi connectivity index (χ4n) is 1.01. The Kier molecular flexibility index (Phi) is 10.7. The van der Waals surface area contributed by atoms with E-state index in [0.717, 1.165) is 5.56 Å². The van der Waals surface area contributed by atoms with Crippen LogP contribution in [-0.2, 0) is 11.3 Å². The average molecular weight is 266 g/mol. The van der Waals surface area contributed by atoms with Crippen LogP contribution in [0, 0.1) is 0 Å². The number of hydrogen-bond acceptors (Lipinski definition) is 4. The van der Waals surface area contributed by atoms with Crippen molar-refractivity contribution in [1.29, 1.82) is 0 Å². The summed E-state index contributed by atoms with van der Waals surface area (Å²) in [6.07, 6.45) is 1.43. The summed E-state index contributed by atoms with van der Waals surface area (Å²) in [6.45, 7) is 7.28. The Hall–Kier alpha value is -1.46. The van der Waals surface area contributed by atoms with E-state index in [2.05, 4.69) is 13.2 Å². The van der Waals surface area contributed by atoms with Gasteiger partial charge in [-0.15, -0.1) is 13.2 Å². The summed E-state index contributed by atoms with van der Waals surface area (Å²) in [5.74, 6) is 0. The lowest BCUT2D eigenvalue weighted by molar-refractivity contribution is 0.0505. The zero-order valence-electron chi connectivity index (χ0n) is 11.0. The molecule has 4 nitrogen and oxygen atoms in total. The molecule has 0 radical (unpaired) electrons. The van der Waals surface area contributed by atoms with Crippen LogP contribution in [0.1, 0.15) is 5.56 Å². The first kappa shape index (κ1) is 17.5. The van der Waals surface area contributed by atoms with Gasteiger partial charge < -0.3 is 20.1 Å². The van der Waals surface area contributed by atoms with E-state index in [-0.39, 0.29) is 6.61 Å². The lowest BCUT2D eigenvalue weighted by Crippen LogP contribution is -2.11. The van der Waals surface area contributed by atoms with E-state index in [1.165, 1.54) is 12.2 Å². The van der Waals surface area contributed by atoms with Gasteiger partial charge in [-0.2, -0.15) is 0 Å². The summed E-state index contributed by atoms with van der Waals surface area (Å²) >= 11 is 0. The molecule has 0 saturated carbocycles. The number of aliphatic hydroxyl groups is 3. The third-order valence-electron chi connectivity index (χ3n) is 2.13. The van der Waals surface area contributed by atoms with Crippen molar-refractivity contribution in [1.82, 2.24) is 0 Å². The largest absolute Gasteiger partial charge is 0.393 e. The van der Waals surface area contributed by atoms with Crippen molar-refractivity contribution in [2.45, 2.75) is 18.8 Å². The molecule has 0 heterocycles. The first-order chi connectivity index (χ1) is 9.13. The SMILES string of the molecule is C=CC(O)CO.C=CC(O)COCc1ccccc1. The lowest BCUT2D eigenvalue weighted by atomic mass is 10.2. The Bertz CT molecular complexity index is 337. The minimum absolute atomic E-state index is 0.233. The summed E-state index contributed by atoms with van der Waals surface area (Å²) in [7, 11) is 0. The summed E-state index contributed by atoms with van der Waals surface area (Å²) in [4.78, 5) is 0. The molecule has 3 N–H and O–H groups in total. The molecule has 0 aromatic heterocycles. The second kappa shape index (κ2) is 11.6. The molecular formula is C15H22O4. The molecular weight excluding hydrogens is 244 g/mol. The van der Waals surface area contributed by atoms with Crippen LogP contribution in [-0.4, -0.2) is 40.7 Å². The van der Waals surface area contributed by atoms with Crippen molar-refractivity contribution in [3.63, 3.8) is 0 Å². The zero-order chi connectivity index (χ0) is 14.5. The fourth-order valence-corrected chi connectivity index (χ4v) is 1.01. The maximum absolute atomic E-state index is 9.09. The molecule has 1 aromatic rings. The first-order valence-corrected chi connectivity index (χ1v) is 5.97. The van der Waals surface area contributed by atoms with Gasteiger partial charge in [-0.25, -0.2) is 0 Å². The molecule has 1 rings (SSSR count). The molecule has 0 saturated heterocycles. The normalized spacial score (nSPS) is 12.8. The molecule has 0 aliphatic heterocycles. The monoisotopic (exact) mass is 266 g/mol. The van der Waals surface area contributed by atoms with Gasteiger partial charge in [-0.1, -0.05) is 42.5 Å². The highest BCUT2D eigenvalue weighted by Crippen LogP contribution is 2.00. The Morgan fingerprint density at radius 3 is 2.05 bits per heavy atom. The van der Waals surface area contributed by atoms with Gasteiger partial charge in [0.1, 0.15) is 0 Å². The number of benzene rings is 1. The van der Waals surface area contributed by atoms with Crippen molar-refractivity contribution in [3.8, 4) is 0 Å². The van der Waals surface area contributed by atoms with Crippen LogP contribution in [0.4, 0.5) is 0 Å². The molecule has 4 heteroatoms. The van der Waals surface area contributed by atoms with Crippen LogP contribution in [0.15, 0.2) is 55.6 Å². The Labute approximate surface area is 114 Å². The van der Waals surface area contributed by atoms with E-state index in [1.54, 1.807) is 0 Å². The van der Waals surface area contributed by atoms with Crippen LogP contribution >= 0.6 is 0 Å². The zero-order valence-corrected chi connectivity index (χ0v) is 11.0. The van der Waals surface area contributed by atoms with Crippen LogP contribution < -0.4 is 0 Å². The van der Waals surface area contributed by atoms with Crippen molar-refractivity contribution >= 4 is 0 Å². The quantitative estimate of drug-likeness (QED) is 0.650. The van der Waals surface area contributed by atoms with Crippen molar-refractivity contribution in [3.05, 3.63) is 61.2 Å². The van der Waals surface area contributed by atoms with Gasteiger partial charge in [0.2, 0.25) is 0 Å². The van der Waals surface area contributed by atoms with Crippen LogP contribution in [0.5, 0.6) is 0 Å². The van der Waals surface area contributed by atoms with E-state index >= 15 is 0 Å². The van der Waals surface area contributed by atoms with Crippen molar-refractivity contribution < 1.29 is 20.1 Å². The first-order valence-electron chi connectivity index (χ1n) is 5.97. The fraction of sp³-hybridized carbons (Fsp3) is 0.333. The smallest absolute Gasteiger partial charge is 0.0952 e. The number of rotatable bonds is 7. The number of aliphatic hydroxyl groups excluding tert-OH is 3. The standard InChI is InChI=1S/C11H14O2.C4H8O2/c1-2-11(12)9-13-8-10-6-4-3-5-7-10;1-2-4(6)3-5/h2-7,11-12H,1,8-9H2;2,4-6H,1,3H2. The highest BCUT2D eigenvalue weighted by atomic mass is 16.5. The van der Waals surface area contributed by atoms with Gasteiger partial charge in [0.05, 0.1) is 32.0 Å². The molecule has 0 fully saturated rings. The third-order valence-corrected chi connectivity index (χ3v) is 2.13. The lowest BCUT2D eigenvalue weighted by Gasteiger charge is -2.06. The summed E-state index contributed by atoms with van der Waals surface area (Å²) in [6, 6.07) is 9.86. The average Bonchev–Trinajstić information content (AvgIpc) is 2.48. The Morgan fingerprint density at radius 1 is 1.05 bits per heavy atom. The summed E-state index contributed by atoms with van der Waals surface area (Å²) in [5.41, 5.74) is 1.11. The molecule has 2 unspecified atom stereocenters. The van der Waals surface area contributed by atoms with E-state index in [1.807, 2.05) is 30.3 Å². The molecule has 19 heavy (non-hydrogen) atoms. The molecule has 0 spiro atoms. The van der Waals surface area contributed by atoms with Crippen LogP contribution in [0.2, 0.25) is 0 Å². The van der Waals surface area contributed by atoms with Gasteiger partial charge in [-0.3, -0.25) is 0 Å². The third kappa shape index (κ3) is 10.2. The van der Waals surface area contributed by atoms with Gasteiger partial charge >= 0.3 is 0 Å². The number of hydrogen-bond donors (Lipinski definition) is 3. The van der Waals surface area contributed by atoms with E-state index in [4.69, 9.17) is 20.1 Å². The second-order valence-corrected chi connectivity index (χ2v) is 3.79. The summed E-state index contributed by atoms with van der Waals surface area (Å²) in [5, 5.41) is 25.4. The molecule has 106 valence electrons. The predicted molar refractivity (Wildman–Crippen MR) is 75.6 cm³/mol. The maximum atomic E-state index is 9.09. The molecule has 1 aromatic carbocycles. The minimum Gasteiger partial charge on any atom is -0.393 e. The van der Waals surface area contributed by atoms with Gasteiger partial charge in [-0.05, 0) is 5.56 Å². The highest BCUT2D eigenvalue weighted by molar-refractivity contribution is 5.13. The maximum Gasteiger partial charge on any atom is 0.0952 e. The Morgan fingerprint density at radius 2 is 1.63 bits per heavy atom. The van der Waals surface area contributed by atoms with Gasteiger partial charge in [0.25, 0.3) is 0 Å². The molecule has 0 amide bonds. The topological polar surface area (TPSA) is 69.9 Å². The molecule has 0 bridgehead atoms. The van der Waals surface area contributed by atoms with Gasteiger partial charge in [0.15, 0.2) is 0 Å². The van der Waals surface area contributed by atoms with Crippen molar-refractivity contribution in [2.75, 3.05) is 13.2 Å². The van der Waals surface area contributed by atoms with E-state index in [0.29, 0.717) is 13.2 Å². The predicted octanol–water partition coefficient (Wildman–Crippen LogP) is 1.28. The van der Waals surface area contributed by atoms with Crippen molar-refractivity contribution in [2.24, 2.45) is 0 Å². The van der Waals surface area contributed by atoms with Gasteiger partial charge in [0, 0.05) is 0 Å². The second-order valence-electron chi connectivity index (χ2n) is 3.79. The van der Waals surface area contributed by atoms with E-state index in [9.17, 15) is 0 Å². The molecule has 2 atom stereocenters. The molecule has 0 aliphatic carbocycles. The Balaban J connectivity index is 0.000000459. The molecule has 0 aliphatic rings. The van der Waals surface area contributed by atoms with Crippen LogP contribution in [0.25, 0.3) is 0 Å². The van der Waals surface area contributed by atoms with Crippen LogP contribution in [0.3, 0.4) is 0 Å². The number of ether oxygens (including phenoxy) is 1. The highest BCUT2D eigenvalue weighted by Gasteiger charge is 1.97.